The van der Waals surface area contributed by atoms with Crippen molar-refractivity contribution in [3.8, 4) is 0 Å². The number of carbonyl (C=O) groups excluding carboxylic acids is 2. The van der Waals surface area contributed by atoms with Crippen LogP contribution >= 0.6 is 0 Å². The Kier molecular flexibility index (Phi) is 8.16. The van der Waals surface area contributed by atoms with E-state index in [1.807, 2.05) is 36.6 Å². The van der Waals surface area contributed by atoms with Crippen LogP contribution in [0.25, 0.3) is 10.9 Å². The normalized spacial score (nSPS) is 12.1. The molecule has 0 radical (unpaired) electrons. The van der Waals surface area contributed by atoms with E-state index >= 15 is 0 Å². The van der Waals surface area contributed by atoms with Gasteiger partial charge in [0.15, 0.2) is 0 Å². The number of nitrogens with zero attached hydrogens (tertiary/aromatic N) is 2. The maximum absolute atomic E-state index is 13.7. The number of fused-ring (bicyclic) bond motifs is 1. The van der Waals surface area contributed by atoms with Crippen LogP contribution in [0.2, 0.25) is 0 Å². The fourth-order valence-electron chi connectivity index (χ4n) is 4.51. The predicted octanol–water partition coefficient (Wildman–Crippen LogP) is 4.53. The number of benzene rings is 2. The van der Waals surface area contributed by atoms with Gasteiger partial charge in [0.1, 0.15) is 11.6 Å². The Morgan fingerprint density at radius 1 is 1.00 bits per heavy atom. The number of halogens is 2. The molecular formula is C29H30F2N4O3. The molecule has 2 heterocycles. The van der Waals surface area contributed by atoms with E-state index in [9.17, 15) is 23.5 Å². The van der Waals surface area contributed by atoms with Crippen molar-refractivity contribution in [3.05, 3.63) is 101 Å². The Morgan fingerprint density at radius 2 is 1.74 bits per heavy atom. The van der Waals surface area contributed by atoms with Crippen molar-refractivity contribution in [1.82, 2.24) is 20.2 Å². The third-order valence-electron chi connectivity index (χ3n) is 6.21. The lowest BCUT2D eigenvalue weighted by Crippen LogP contribution is -2.34. The van der Waals surface area contributed by atoms with E-state index in [0.29, 0.717) is 34.1 Å². The minimum atomic E-state index is -0.717. The van der Waals surface area contributed by atoms with E-state index < -0.39 is 23.6 Å². The number of aromatic nitrogens is 2. The highest BCUT2D eigenvalue weighted by molar-refractivity contribution is 6.10. The fourth-order valence-corrected chi connectivity index (χ4v) is 4.51. The number of nitrogens with one attached hydrogen (secondary N) is 2. The van der Waals surface area contributed by atoms with Gasteiger partial charge in [0.05, 0.1) is 29.9 Å². The van der Waals surface area contributed by atoms with Crippen molar-refractivity contribution in [2.24, 2.45) is 0 Å². The molecule has 9 heteroatoms. The van der Waals surface area contributed by atoms with Crippen molar-refractivity contribution in [2.45, 2.75) is 45.8 Å². The van der Waals surface area contributed by atoms with Crippen molar-refractivity contribution >= 4 is 22.7 Å². The van der Waals surface area contributed by atoms with E-state index in [0.717, 1.165) is 17.5 Å². The molecule has 4 rings (SSSR count). The van der Waals surface area contributed by atoms with Crippen LogP contribution in [0.5, 0.6) is 0 Å². The second-order valence-corrected chi connectivity index (χ2v) is 9.57. The Morgan fingerprint density at radius 3 is 2.37 bits per heavy atom. The molecular weight excluding hydrogens is 490 g/mol. The number of hydrogen-bond acceptors (Lipinski definition) is 4. The number of pyridine rings is 1. The molecule has 198 valence electrons. The Bertz CT molecular complexity index is 1450. The molecule has 0 aliphatic heterocycles. The van der Waals surface area contributed by atoms with Crippen LogP contribution in [0, 0.1) is 11.6 Å². The van der Waals surface area contributed by atoms with E-state index in [4.69, 9.17) is 0 Å². The zero-order valence-corrected chi connectivity index (χ0v) is 21.5. The van der Waals surface area contributed by atoms with Gasteiger partial charge in [0.2, 0.25) is 0 Å². The van der Waals surface area contributed by atoms with Gasteiger partial charge in [0, 0.05) is 41.5 Å². The zero-order valence-electron chi connectivity index (χ0n) is 21.5. The molecule has 2 amide bonds. The number of rotatable bonds is 9. The van der Waals surface area contributed by atoms with Crippen LogP contribution in [0.1, 0.15) is 64.4 Å². The summed E-state index contributed by atoms with van der Waals surface area (Å²) in [6, 6.07) is 13.4. The number of aliphatic hydroxyl groups is 1. The minimum Gasteiger partial charge on any atom is -0.394 e. The van der Waals surface area contributed by atoms with Crippen molar-refractivity contribution in [2.75, 3.05) is 6.61 Å². The Balaban J connectivity index is 1.80. The molecule has 0 unspecified atom stereocenters. The lowest BCUT2D eigenvalue weighted by atomic mass is 10.0. The molecule has 0 bridgehead atoms. The third kappa shape index (κ3) is 5.89. The molecule has 0 aliphatic carbocycles. The highest BCUT2D eigenvalue weighted by Crippen LogP contribution is 2.33. The summed E-state index contributed by atoms with van der Waals surface area (Å²) in [6.45, 7) is 5.75. The van der Waals surface area contributed by atoms with Crippen LogP contribution in [-0.2, 0) is 13.1 Å². The van der Waals surface area contributed by atoms with Gasteiger partial charge < -0.3 is 20.3 Å². The highest BCUT2D eigenvalue weighted by atomic mass is 19.1. The molecule has 38 heavy (non-hydrogen) atoms. The number of hydrogen-bond donors (Lipinski definition) is 3. The molecule has 2 aromatic carbocycles. The lowest BCUT2D eigenvalue weighted by molar-refractivity contribution is 0.0920. The van der Waals surface area contributed by atoms with Crippen LogP contribution < -0.4 is 10.6 Å². The van der Waals surface area contributed by atoms with Gasteiger partial charge in [-0.3, -0.25) is 14.6 Å². The average Bonchev–Trinajstić information content (AvgIpc) is 3.21. The molecule has 0 saturated heterocycles. The van der Waals surface area contributed by atoms with Gasteiger partial charge in [-0.25, -0.2) is 8.78 Å². The summed E-state index contributed by atoms with van der Waals surface area (Å²) in [5.41, 5.74) is 3.31. The quantitative estimate of drug-likeness (QED) is 0.302. The monoisotopic (exact) mass is 520 g/mol. The fraction of sp³-hybridized carbons (Fsp3) is 0.276. The Labute approximate surface area is 219 Å². The first-order valence-corrected chi connectivity index (χ1v) is 12.4. The first kappa shape index (κ1) is 26.9. The van der Waals surface area contributed by atoms with Gasteiger partial charge in [-0.1, -0.05) is 26.0 Å². The zero-order chi connectivity index (χ0) is 27.4. The molecule has 4 aromatic rings. The summed E-state index contributed by atoms with van der Waals surface area (Å²) >= 11 is 0. The average molecular weight is 521 g/mol. The Hall–Kier alpha value is -4.11. The van der Waals surface area contributed by atoms with Gasteiger partial charge >= 0.3 is 0 Å². The molecule has 2 aromatic heterocycles. The topological polar surface area (TPSA) is 96.3 Å². The minimum absolute atomic E-state index is 0.0580. The molecule has 0 saturated carbocycles. The molecule has 0 aliphatic rings. The number of carbonyl (C=O) groups is 2. The van der Waals surface area contributed by atoms with Gasteiger partial charge in [-0.05, 0) is 54.8 Å². The van der Waals surface area contributed by atoms with Crippen molar-refractivity contribution < 1.29 is 23.5 Å². The van der Waals surface area contributed by atoms with Crippen molar-refractivity contribution in [1.29, 1.82) is 0 Å². The van der Waals surface area contributed by atoms with Crippen molar-refractivity contribution in [3.63, 3.8) is 0 Å². The summed E-state index contributed by atoms with van der Waals surface area (Å²) in [5, 5.41) is 15.5. The van der Waals surface area contributed by atoms with E-state index in [-0.39, 0.29) is 25.0 Å². The third-order valence-corrected chi connectivity index (χ3v) is 6.21. The number of amides is 2. The molecule has 7 nitrogen and oxygen atoms in total. The lowest BCUT2D eigenvalue weighted by Gasteiger charge is -2.15. The maximum atomic E-state index is 13.7. The van der Waals surface area contributed by atoms with Crippen LogP contribution in [0.15, 0.2) is 60.8 Å². The number of aliphatic hydroxyl groups excluding tert-OH is 1. The largest absolute Gasteiger partial charge is 0.394 e. The first-order valence-electron chi connectivity index (χ1n) is 12.4. The summed E-state index contributed by atoms with van der Waals surface area (Å²) in [5.74, 6) is -2.25. The molecule has 0 spiro atoms. The molecule has 0 fully saturated rings. The van der Waals surface area contributed by atoms with Gasteiger partial charge in [-0.2, -0.15) is 0 Å². The second-order valence-electron chi connectivity index (χ2n) is 9.57. The SMILES string of the molecule is CC(C)c1c(C(=O)NCc2cc(F)cc(F)c2)c2ccc(C(=O)N[C@@H](C)CO)cc2n1Cc1ccccn1. The summed E-state index contributed by atoms with van der Waals surface area (Å²) < 4.78 is 29.3. The van der Waals surface area contributed by atoms with Crippen LogP contribution in [0.4, 0.5) is 8.78 Å². The van der Waals surface area contributed by atoms with E-state index in [1.165, 1.54) is 12.1 Å². The van der Waals surface area contributed by atoms with Crippen LogP contribution in [0.3, 0.4) is 0 Å². The molecule has 3 N–H and O–H groups in total. The summed E-state index contributed by atoms with van der Waals surface area (Å²) in [6.07, 6.45) is 1.69. The van der Waals surface area contributed by atoms with Gasteiger partial charge in [-0.15, -0.1) is 0 Å². The van der Waals surface area contributed by atoms with Gasteiger partial charge in [0.25, 0.3) is 11.8 Å². The predicted molar refractivity (Wildman–Crippen MR) is 141 cm³/mol. The standard InChI is InChI=1S/C29H30F2N4O3/c1-17(2)27-26(29(38)33-14-19-10-21(30)13-22(31)11-19)24-8-7-20(28(37)34-18(3)16-36)12-25(24)35(27)15-23-6-4-5-9-32-23/h4-13,17-18,36H,14-16H2,1-3H3,(H,33,38)(H,34,37)/t18-/m0/s1. The van der Waals surface area contributed by atoms with E-state index in [2.05, 4.69) is 15.6 Å². The molecule has 1 atom stereocenters. The smallest absolute Gasteiger partial charge is 0.254 e. The maximum Gasteiger partial charge on any atom is 0.254 e. The summed E-state index contributed by atoms with van der Waals surface area (Å²) in [7, 11) is 0. The van der Waals surface area contributed by atoms with Crippen LogP contribution in [-0.4, -0.2) is 39.1 Å². The van der Waals surface area contributed by atoms with E-state index in [1.54, 1.807) is 31.3 Å². The second kappa shape index (κ2) is 11.5. The summed E-state index contributed by atoms with van der Waals surface area (Å²) in [4.78, 5) is 30.8. The first-order chi connectivity index (χ1) is 18.2. The highest BCUT2D eigenvalue weighted by Gasteiger charge is 2.26.